The molecule has 1 atom stereocenters. The van der Waals surface area contributed by atoms with Gasteiger partial charge in [-0.3, -0.25) is 9.78 Å². The number of hydrogen-bond donors (Lipinski definition) is 2. The maximum Gasteiger partial charge on any atom is 0.272 e. The average Bonchev–Trinajstić information content (AvgIpc) is 2.54. The lowest BCUT2D eigenvalue weighted by Gasteiger charge is -2.19. The third-order valence-corrected chi connectivity index (χ3v) is 3.13. The first-order valence-corrected chi connectivity index (χ1v) is 6.67. The summed E-state index contributed by atoms with van der Waals surface area (Å²) in [5.41, 5.74) is 2.22. The fraction of sp³-hybridized carbons (Fsp3) is 0.250. The minimum atomic E-state index is -0.948. The van der Waals surface area contributed by atoms with Gasteiger partial charge >= 0.3 is 0 Å². The highest BCUT2D eigenvalue weighted by Crippen LogP contribution is 2.19. The first kappa shape index (κ1) is 15.2. The molecule has 1 aromatic heterocycles. The maximum atomic E-state index is 12.3. The van der Waals surface area contributed by atoms with Gasteiger partial charge in [0, 0.05) is 19.8 Å². The standard InChI is InChI=1S/C16H18N2O3/c1-18(10-14(20)11-19)16(21)15-9-13(7-8-17-15)12-5-3-2-4-6-12/h2-9,14,19-20H,10-11H2,1H3/t14-/m0/s1. The van der Waals surface area contributed by atoms with Crippen LogP contribution in [-0.4, -0.2) is 52.3 Å². The number of aliphatic hydroxyl groups excluding tert-OH is 2. The van der Waals surface area contributed by atoms with Gasteiger partial charge in [-0.2, -0.15) is 0 Å². The summed E-state index contributed by atoms with van der Waals surface area (Å²) in [6, 6.07) is 13.3. The number of amides is 1. The normalized spacial score (nSPS) is 12.0. The molecule has 0 radical (unpaired) electrons. The highest BCUT2D eigenvalue weighted by molar-refractivity contribution is 5.93. The zero-order valence-corrected chi connectivity index (χ0v) is 11.8. The number of pyridine rings is 1. The zero-order valence-electron chi connectivity index (χ0n) is 11.8. The summed E-state index contributed by atoms with van der Waals surface area (Å²) < 4.78 is 0. The van der Waals surface area contributed by atoms with E-state index in [2.05, 4.69) is 4.98 Å². The molecule has 1 aromatic carbocycles. The Morgan fingerprint density at radius 3 is 2.62 bits per heavy atom. The highest BCUT2D eigenvalue weighted by atomic mass is 16.3. The van der Waals surface area contributed by atoms with Crippen LogP contribution in [0.5, 0.6) is 0 Å². The molecule has 2 N–H and O–H groups in total. The number of rotatable bonds is 5. The number of carbonyl (C=O) groups is 1. The van der Waals surface area contributed by atoms with Crippen molar-refractivity contribution in [1.82, 2.24) is 9.88 Å². The van der Waals surface area contributed by atoms with E-state index in [-0.39, 0.29) is 19.1 Å². The molecule has 0 fully saturated rings. The molecule has 0 spiro atoms. The fourth-order valence-corrected chi connectivity index (χ4v) is 2.01. The first-order valence-electron chi connectivity index (χ1n) is 6.67. The van der Waals surface area contributed by atoms with Crippen molar-refractivity contribution >= 4 is 5.91 Å². The summed E-state index contributed by atoms with van der Waals surface area (Å²) >= 11 is 0. The summed E-state index contributed by atoms with van der Waals surface area (Å²) in [6.07, 6.45) is 0.641. The summed E-state index contributed by atoms with van der Waals surface area (Å²) in [4.78, 5) is 17.7. The van der Waals surface area contributed by atoms with Crippen molar-refractivity contribution in [2.75, 3.05) is 20.2 Å². The average molecular weight is 286 g/mol. The van der Waals surface area contributed by atoms with Crippen molar-refractivity contribution in [2.45, 2.75) is 6.10 Å². The minimum absolute atomic E-state index is 0.0621. The lowest BCUT2D eigenvalue weighted by Crippen LogP contribution is -2.36. The number of likely N-dealkylation sites (N-methyl/N-ethyl adjacent to an activating group) is 1. The van der Waals surface area contributed by atoms with Crippen molar-refractivity contribution in [2.24, 2.45) is 0 Å². The molecule has 1 amide bonds. The maximum absolute atomic E-state index is 12.3. The zero-order chi connectivity index (χ0) is 15.2. The molecule has 1 heterocycles. The third-order valence-electron chi connectivity index (χ3n) is 3.13. The largest absolute Gasteiger partial charge is 0.394 e. The molecular weight excluding hydrogens is 268 g/mol. The van der Waals surface area contributed by atoms with Gasteiger partial charge in [0.15, 0.2) is 0 Å². The first-order chi connectivity index (χ1) is 10.1. The Hall–Kier alpha value is -2.24. The Morgan fingerprint density at radius 1 is 1.24 bits per heavy atom. The number of nitrogens with zero attached hydrogens (tertiary/aromatic N) is 2. The van der Waals surface area contributed by atoms with Crippen LogP contribution in [0.1, 0.15) is 10.5 Å². The summed E-state index contributed by atoms with van der Waals surface area (Å²) in [6.45, 7) is -0.318. The highest BCUT2D eigenvalue weighted by Gasteiger charge is 2.16. The molecule has 0 aliphatic rings. The Balaban J connectivity index is 2.19. The van der Waals surface area contributed by atoms with E-state index in [0.29, 0.717) is 5.69 Å². The number of aliphatic hydroxyl groups is 2. The van der Waals surface area contributed by atoms with E-state index in [1.165, 1.54) is 4.90 Å². The van der Waals surface area contributed by atoms with Gasteiger partial charge in [-0.25, -0.2) is 0 Å². The predicted octanol–water partition coefficient (Wildman–Crippen LogP) is 1.17. The van der Waals surface area contributed by atoms with Gasteiger partial charge in [-0.1, -0.05) is 30.3 Å². The van der Waals surface area contributed by atoms with E-state index in [9.17, 15) is 9.90 Å². The van der Waals surface area contributed by atoms with Crippen LogP contribution in [0.3, 0.4) is 0 Å². The minimum Gasteiger partial charge on any atom is -0.394 e. The molecule has 0 saturated carbocycles. The Labute approximate surface area is 123 Å². The molecule has 0 aliphatic heterocycles. The smallest absolute Gasteiger partial charge is 0.272 e. The molecule has 0 bridgehead atoms. The van der Waals surface area contributed by atoms with E-state index in [0.717, 1.165) is 11.1 Å². The van der Waals surface area contributed by atoms with Gasteiger partial charge in [0.1, 0.15) is 5.69 Å². The third kappa shape index (κ3) is 3.87. The van der Waals surface area contributed by atoms with Crippen LogP contribution >= 0.6 is 0 Å². The molecular formula is C16H18N2O3. The van der Waals surface area contributed by atoms with Crippen LogP contribution in [0, 0.1) is 0 Å². The molecule has 0 unspecified atom stereocenters. The SMILES string of the molecule is CN(C[C@H](O)CO)C(=O)c1cc(-c2ccccc2)ccn1. The van der Waals surface area contributed by atoms with Gasteiger partial charge in [0.05, 0.1) is 12.7 Å². The topological polar surface area (TPSA) is 73.7 Å². The quantitative estimate of drug-likeness (QED) is 0.865. The van der Waals surface area contributed by atoms with Gasteiger partial charge in [0.2, 0.25) is 0 Å². The van der Waals surface area contributed by atoms with Gasteiger partial charge in [-0.05, 0) is 23.3 Å². The predicted molar refractivity (Wildman–Crippen MR) is 79.7 cm³/mol. The fourth-order valence-electron chi connectivity index (χ4n) is 2.01. The molecule has 2 aromatic rings. The summed E-state index contributed by atoms with van der Waals surface area (Å²) in [5.74, 6) is -0.291. The van der Waals surface area contributed by atoms with Crippen molar-refractivity contribution in [3.05, 3.63) is 54.4 Å². The van der Waals surface area contributed by atoms with Crippen molar-refractivity contribution < 1.29 is 15.0 Å². The van der Waals surface area contributed by atoms with Crippen LogP contribution in [0.2, 0.25) is 0 Å². The molecule has 5 nitrogen and oxygen atoms in total. The molecule has 5 heteroatoms. The second-order valence-corrected chi connectivity index (χ2v) is 4.82. The number of benzene rings is 1. The van der Waals surface area contributed by atoms with Crippen molar-refractivity contribution in [1.29, 1.82) is 0 Å². The van der Waals surface area contributed by atoms with Crippen LogP contribution in [-0.2, 0) is 0 Å². The van der Waals surface area contributed by atoms with Crippen LogP contribution in [0.15, 0.2) is 48.7 Å². The second kappa shape index (κ2) is 6.97. The van der Waals surface area contributed by atoms with Crippen LogP contribution in [0.25, 0.3) is 11.1 Å². The monoisotopic (exact) mass is 286 g/mol. The van der Waals surface area contributed by atoms with Gasteiger partial charge < -0.3 is 15.1 Å². The molecule has 110 valence electrons. The lowest BCUT2D eigenvalue weighted by molar-refractivity contribution is 0.0516. The van der Waals surface area contributed by atoms with E-state index < -0.39 is 6.10 Å². The number of hydrogen-bond acceptors (Lipinski definition) is 4. The summed E-state index contributed by atoms with van der Waals surface area (Å²) in [7, 11) is 1.57. The van der Waals surface area contributed by atoms with Crippen molar-refractivity contribution in [3.63, 3.8) is 0 Å². The lowest BCUT2D eigenvalue weighted by atomic mass is 10.1. The van der Waals surface area contributed by atoms with E-state index >= 15 is 0 Å². The summed E-state index contributed by atoms with van der Waals surface area (Å²) in [5, 5.41) is 18.2. The van der Waals surface area contributed by atoms with Crippen LogP contribution < -0.4 is 0 Å². The molecule has 21 heavy (non-hydrogen) atoms. The van der Waals surface area contributed by atoms with E-state index in [1.807, 2.05) is 36.4 Å². The second-order valence-electron chi connectivity index (χ2n) is 4.82. The Bertz CT molecular complexity index is 601. The molecule has 0 saturated heterocycles. The number of carbonyl (C=O) groups excluding carboxylic acids is 1. The Morgan fingerprint density at radius 2 is 1.95 bits per heavy atom. The van der Waals surface area contributed by atoms with Gasteiger partial charge in [0.25, 0.3) is 5.91 Å². The molecule has 2 rings (SSSR count). The van der Waals surface area contributed by atoms with E-state index in [1.54, 1.807) is 19.3 Å². The molecule has 0 aliphatic carbocycles. The number of aromatic nitrogens is 1. The van der Waals surface area contributed by atoms with Crippen LogP contribution in [0.4, 0.5) is 0 Å². The van der Waals surface area contributed by atoms with Gasteiger partial charge in [-0.15, -0.1) is 0 Å². The van der Waals surface area contributed by atoms with Crippen molar-refractivity contribution in [3.8, 4) is 11.1 Å². The van der Waals surface area contributed by atoms with E-state index in [4.69, 9.17) is 5.11 Å². The Kier molecular flexibility index (Phi) is 5.03.